The fraction of sp³-hybridized carbons (Fsp3) is 0.577. The summed E-state index contributed by atoms with van der Waals surface area (Å²) in [7, 11) is 3.53. The van der Waals surface area contributed by atoms with Crippen LogP contribution in [0.15, 0.2) is 110 Å². The minimum Gasteiger partial charge on any atom is -0.481 e. The van der Waals surface area contributed by atoms with E-state index in [0.29, 0.717) is 187 Å². The zero-order valence-corrected chi connectivity index (χ0v) is 63.5. The van der Waals surface area contributed by atoms with Crippen molar-refractivity contribution in [2.45, 2.75) is 118 Å². The number of hydrogen-bond acceptors (Lipinski definition) is 27. The second-order valence-corrected chi connectivity index (χ2v) is 25.5. The maximum Gasteiger partial charge on any atom is 0.300 e. The van der Waals surface area contributed by atoms with Gasteiger partial charge in [-0.2, -0.15) is 4.98 Å². The Morgan fingerprint density at radius 1 is 0.491 bits per heavy atom. The van der Waals surface area contributed by atoms with Crippen LogP contribution in [0, 0.1) is 0 Å². The molecule has 0 unspecified atom stereocenters. The Balaban J connectivity index is 0.000000319. The van der Waals surface area contributed by atoms with Crippen LogP contribution < -0.4 is 25.8 Å². The molecule has 5 aromatic heterocycles. The number of carbonyl (C=O) groups is 2. The second-order valence-electron chi connectivity index (χ2n) is 25.5. The van der Waals surface area contributed by atoms with Gasteiger partial charge < -0.3 is 102 Å². The Labute approximate surface area is 636 Å². The summed E-state index contributed by atoms with van der Waals surface area (Å²) >= 11 is 0. The van der Waals surface area contributed by atoms with Gasteiger partial charge in [-0.1, -0.05) is 68.1 Å². The lowest BCUT2D eigenvalue weighted by atomic mass is 10.1. The molecule has 7 heterocycles. The number of carbonyl (C=O) groups excluding carboxylic acids is 1. The van der Waals surface area contributed by atoms with Gasteiger partial charge in [0.25, 0.3) is 5.97 Å². The van der Waals surface area contributed by atoms with Gasteiger partial charge in [-0.25, -0.2) is 24.9 Å². The number of imidazole rings is 1. The highest BCUT2D eigenvalue weighted by Crippen LogP contribution is 2.28. The van der Waals surface area contributed by atoms with E-state index in [0.717, 1.165) is 110 Å². The van der Waals surface area contributed by atoms with Crippen molar-refractivity contribution in [2.24, 2.45) is 0 Å². The predicted molar refractivity (Wildman–Crippen MR) is 413 cm³/mol. The summed E-state index contributed by atoms with van der Waals surface area (Å²) in [6.07, 6.45) is 12.0. The minimum absolute atomic E-state index is 0. The molecule has 30 heteroatoms. The normalized spacial score (nSPS) is 13.3. The lowest BCUT2D eigenvalue weighted by Crippen LogP contribution is -2.37. The molecule has 0 radical (unpaired) electrons. The first-order valence-corrected chi connectivity index (χ1v) is 36.9. The number of carboxylic acid groups (broad SMARTS) is 1. The first-order valence-electron chi connectivity index (χ1n) is 36.9. The third-order valence-electron chi connectivity index (χ3n) is 16.3. The fourth-order valence-corrected chi connectivity index (χ4v) is 11.1. The van der Waals surface area contributed by atoms with E-state index >= 15 is 0 Å². The second kappa shape index (κ2) is 53.7. The number of benzene rings is 2. The van der Waals surface area contributed by atoms with E-state index in [9.17, 15) is 4.79 Å². The zero-order valence-electron chi connectivity index (χ0n) is 63.5. The molecule has 2 fully saturated rings. The number of pyridine rings is 2. The van der Waals surface area contributed by atoms with Crippen LogP contribution in [0.25, 0.3) is 11.0 Å². The smallest absolute Gasteiger partial charge is 0.300 e. The molecule has 0 aliphatic carbocycles. The van der Waals surface area contributed by atoms with Gasteiger partial charge in [0.1, 0.15) is 36.2 Å². The molecular formula is C78H117N13O17. The number of hydrogen-bond donors (Lipinski definition) is 4. The molecule has 1 amide bonds. The highest BCUT2D eigenvalue weighted by molar-refractivity contribution is 5.95. The average molecular weight is 1510 g/mol. The molecule has 9 rings (SSSR count). The molecule has 2 aliphatic heterocycles. The summed E-state index contributed by atoms with van der Waals surface area (Å²) in [5.41, 5.74) is 7.17. The highest BCUT2D eigenvalue weighted by atomic mass is 16.6. The van der Waals surface area contributed by atoms with E-state index < -0.39 is 5.97 Å². The topological polar surface area (TPSA) is 321 Å². The summed E-state index contributed by atoms with van der Waals surface area (Å²) in [5.74, 6) is 2.55. The Morgan fingerprint density at radius 2 is 0.926 bits per heavy atom. The third kappa shape index (κ3) is 36.0. The van der Waals surface area contributed by atoms with Crippen LogP contribution in [0.1, 0.15) is 102 Å². The average Bonchev–Trinajstić information content (AvgIpc) is 1.63. The largest absolute Gasteiger partial charge is 0.481 e. The highest BCUT2D eigenvalue weighted by Gasteiger charge is 2.23. The van der Waals surface area contributed by atoms with E-state index in [2.05, 4.69) is 64.1 Å². The van der Waals surface area contributed by atoms with Crippen LogP contribution in [-0.4, -0.2) is 254 Å². The number of piperidine rings is 2. The number of anilines is 6. The number of ether oxygens (including phenoxy) is 14. The van der Waals surface area contributed by atoms with Crippen molar-refractivity contribution < 1.29 is 81.0 Å². The van der Waals surface area contributed by atoms with Crippen molar-refractivity contribution in [1.29, 1.82) is 0 Å². The lowest BCUT2D eigenvalue weighted by molar-refractivity contribution is -0.134. The molecule has 0 spiro atoms. The van der Waals surface area contributed by atoms with Gasteiger partial charge in [0.15, 0.2) is 0 Å². The summed E-state index contributed by atoms with van der Waals surface area (Å²) in [4.78, 5) is 58.6. The minimum atomic E-state index is -0.833. The molecule has 2 saturated heterocycles. The summed E-state index contributed by atoms with van der Waals surface area (Å²) in [6.45, 7) is 24.0. The first kappa shape index (κ1) is 88.8. The van der Waals surface area contributed by atoms with Crippen LogP contribution in [-0.2, 0) is 102 Å². The van der Waals surface area contributed by atoms with Crippen molar-refractivity contribution in [2.75, 3.05) is 205 Å². The van der Waals surface area contributed by atoms with E-state index in [1.807, 2.05) is 98.8 Å². The molecular weight excluding hydrogens is 1390 g/mol. The molecule has 4 N–H and O–H groups in total. The van der Waals surface area contributed by atoms with Gasteiger partial charge in [-0.05, 0) is 82.7 Å². The van der Waals surface area contributed by atoms with Crippen LogP contribution in [0.4, 0.5) is 34.9 Å². The Morgan fingerprint density at radius 3 is 1.38 bits per heavy atom. The number of methoxy groups -OCH3 is 2. The van der Waals surface area contributed by atoms with Gasteiger partial charge in [0.05, 0.1) is 193 Å². The SMILES string of the molecule is C.CC(=O)O.COC1CCN(c2nccc(Cc3cc(NC(C)C)c(NC(=O)COCCOCCOCCOCCOCCOCc4ccccc4)cn3)n2)CC1.COC1CCN(c2nccc(Nc3cc4c(cn3)nc(COCCOCCOCCOCCOCCOCc3ccccc3)n4C(C)C)n2)CC1. The van der Waals surface area contributed by atoms with Gasteiger partial charge >= 0.3 is 0 Å². The van der Waals surface area contributed by atoms with E-state index in [1.165, 1.54) is 0 Å². The maximum absolute atomic E-state index is 12.7. The zero-order chi connectivity index (χ0) is 75.7. The van der Waals surface area contributed by atoms with E-state index in [1.54, 1.807) is 39.0 Å². The number of aromatic nitrogens is 8. The number of amides is 1. The lowest BCUT2D eigenvalue weighted by Gasteiger charge is -2.31. The number of rotatable bonds is 50. The molecule has 0 bridgehead atoms. The quantitative estimate of drug-likeness (QED) is 0.0258. The molecule has 108 heavy (non-hydrogen) atoms. The maximum atomic E-state index is 12.7. The van der Waals surface area contributed by atoms with Crippen LogP contribution in [0.5, 0.6) is 0 Å². The number of aliphatic carboxylic acids is 1. The first-order chi connectivity index (χ1) is 52.3. The predicted octanol–water partition coefficient (Wildman–Crippen LogP) is 9.82. The van der Waals surface area contributed by atoms with Crippen molar-refractivity contribution in [3.8, 4) is 0 Å². The molecule has 596 valence electrons. The molecule has 0 atom stereocenters. The summed E-state index contributed by atoms with van der Waals surface area (Å²) in [6, 6.07) is 28.2. The molecule has 7 aromatic rings. The summed E-state index contributed by atoms with van der Waals surface area (Å²) < 4.78 is 80.2. The van der Waals surface area contributed by atoms with Crippen molar-refractivity contribution in [1.82, 2.24) is 39.5 Å². The van der Waals surface area contributed by atoms with Crippen molar-refractivity contribution in [3.63, 3.8) is 0 Å². The molecule has 0 saturated carbocycles. The van der Waals surface area contributed by atoms with Gasteiger partial charge in [0, 0.05) is 90.0 Å². The van der Waals surface area contributed by atoms with Crippen LogP contribution in [0.2, 0.25) is 0 Å². The van der Waals surface area contributed by atoms with Gasteiger partial charge in [0.2, 0.25) is 17.8 Å². The Hall–Kier alpha value is -8.05. The van der Waals surface area contributed by atoms with Crippen LogP contribution in [0.3, 0.4) is 0 Å². The third-order valence-corrected chi connectivity index (χ3v) is 16.3. The monoisotopic (exact) mass is 1510 g/mol. The van der Waals surface area contributed by atoms with Crippen LogP contribution >= 0.6 is 0 Å². The number of nitrogens with zero attached hydrogens (tertiary/aromatic N) is 10. The Kier molecular flexibility index (Phi) is 44.2. The number of fused-ring (bicyclic) bond motifs is 1. The fourth-order valence-electron chi connectivity index (χ4n) is 11.1. The molecule has 30 nitrogen and oxygen atoms in total. The Bertz CT molecular complexity index is 3520. The van der Waals surface area contributed by atoms with E-state index in [4.69, 9.17) is 91.2 Å². The number of nitrogens with one attached hydrogen (secondary N) is 3. The molecule has 2 aromatic carbocycles. The standard InChI is InChI=1S/C38H56N6O8.C37H53N7O7.C2H4O2.CH4/c1-30(2)41-35-26-33(25-32-9-12-39-38(42-32)44-13-10-34(46-3)11-14-44)40-27-36(35)43-37(45)29-52-24-22-50-20-18-48-16-15-47-17-19-49-21-23-51-28-31-7-5-4-6-8-31;1-29(2)44-33-25-35(41-34-9-12-38-37(42-34)43-13-10-31(45-3)11-14-43)39-26-32(33)40-36(44)28-51-24-22-49-20-18-47-16-15-46-17-19-48-21-23-50-27-30-7-5-4-6-8-30;1-2(3)4;/h4-9,12,26-27,30,34H,10-11,13-25,28-29H2,1-3H3,(H,40,41)(H,43,45);4-9,12,25-26,29,31H,10-11,13-24,27-28H2,1-3H3,(H,38,39,41,42);1H3,(H,3,4);1H4. The number of carboxylic acids is 1. The van der Waals surface area contributed by atoms with Crippen molar-refractivity contribution >= 4 is 57.8 Å². The van der Waals surface area contributed by atoms with Gasteiger partial charge in [-0.3, -0.25) is 14.6 Å². The summed E-state index contributed by atoms with van der Waals surface area (Å²) in [5, 5.41) is 17.1. The van der Waals surface area contributed by atoms with E-state index in [-0.39, 0.29) is 38.6 Å². The molecule has 2 aliphatic rings. The van der Waals surface area contributed by atoms with Crippen molar-refractivity contribution in [3.05, 3.63) is 138 Å². The van der Waals surface area contributed by atoms with Gasteiger partial charge in [-0.15, -0.1) is 0 Å².